The van der Waals surface area contributed by atoms with Gasteiger partial charge in [-0.2, -0.15) is 26.3 Å². The molecule has 26 heavy (non-hydrogen) atoms. The lowest BCUT2D eigenvalue weighted by atomic mass is 9.92. The molecular weight excluding hydrogens is 390 g/mol. The second-order valence-electron chi connectivity index (χ2n) is 5.26. The molecular formula is C14H16F6N2O3S. The van der Waals surface area contributed by atoms with Gasteiger partial charge in [-0.1, -0.05) is 12.1 Å². The third kappa shape index (κ3) is 4.67. The zero-order valence-electron chi connectivity index (χ0n) is 13.6. The minimum absolute atomic E-state index is 0.0591. The van der Waals surface area contributed by atoms with Crippen molar-refractivity contribution in [3.8, 4) is 0 Å². The number of hydrogen-bond acceptors (Lipinski definition) is 3. The van der Waals surface area contributed by atoms with Crippen molar-refractivity contribution in [1.29, 1.82) is 0 Å². The Balaban J connectivity index is 3.92. The van der Waals surface area contributed by atoms with Crippen LogP contribution in [0.15, 0.2) is 23.1 Å². The van der Waals surface area contributed by atoms with Crippen LogP contribution in [-0.4, -0.2) is 44.7 Å². The van der Waals surface area contributed by atoms with Crippen molar-refractivity contribution in [2.24, 2.45) is 5.14 Å². The van der Waals surface area contributed by atoms with Crippen LogP contribution in [0.25, 0.3) is 0 Å². The highest BCUT2D eigenvalue weighted by Crippen LogP contribution is 2.48. The lowest BCUT2D eigenvalue weighted by Gasteiger charge is -2.28. The molecule has 0 unspecified atom stereocenters. The summed E-state index contributed by atoms with van der Waals surface area (Å²) in [5.74, 6) is -5.32. The zero-order chi connectivity index (χ0) is 20.5. The smallest absolute Gasteiger partial charge is 0.339 e. The molecule has 0 bridgehead atoms. The molecule has 0 aliphatic carbocycles. The minimum atomic E-state index is -5.80. The normalized spacial score (nSPS) is 13.2. The first-order chi connectivity index (χ1) is 11.7. The topological polar surface area (TPSA) is 80.5 Å². The maximum atomic E-state index is 13.1. The summed E-state index contributed by atoms with van der Waals surface area (Å²) in [5.41, 5.74) is -2.73. The number of sulfonamides is 1. The van der Waals surface area contributed by atoms with Gasteiger partial charge in [-0.15, -0.1) is 0 Å². The van der Waals surface area contributed by atoms with Crippen LogP contribution in [0, 0.1) is 0 Å². The largest absolute Gasteiger partial charge is 0.404 e. The molecule has 0 radical (unpaired) electrons. The summed E-state index contributed by atoms with van der Waals surface area (Å²) in [5, 5.41) is 4.90. The van der Waals surface area contributed by atoms with Gasteiger partial charge in [-0.3, -0.25) is 4.79 Å². The fraction of sp³-hybridized carbons (Fsp3) is 0.500. The van der Waals surface area contributed by atoms with Crippen LogP contribution >= 0.6 is 0 Å². The maximum Gasteiger partial charge on any atom is 0.404 e. The van der Waals surface area contributed by atoms with Crippen molar-refractivity contribution in [1.82, 2.24) is 4.90 Å². The van der Waals surface area contributed by atoms with Gasteiger partial charge in [0.25, 0.3) is 5.91 Å². The summed E-state index contributed by atoms with van der Waals surface area (Å²) in [6, 6.07) is 1.80. The number of nitrogens with two attached hydrogens (primary N) is 1. The molecule has 5 nitrogen and oxygen atoms in total. The van der Waals surface area contributed by atoms with Gasteiger partial charge in [0.1, 0.15) is 0 Å². The molecule has 0 atom stereocenters. The molecule has 0 aliphatic heterocycles. The number of carbonyl (C=O) groups excluding carboxylic acids is 1. The van der Waals surface area contributed by atoms with E-state index in [0.29, 0.717) is 18.2 Å². The number of halogens is 6. The van der Waals surface area contributed by atoms with Crippen LogP contribution < -0.4 is 5.14 Å². The second-order valence-corrected chi connectivity index (χ2v) is 6.79. The van der Waals surface area contributed by atoms with E-state index in [-0.39, 0.29) is 13.1 Å². The van der Waals surface area contributed by atoms with Gasteiger partial charge in [-0.05, 0) is 25.5 Å². The SMILES string of the molecule is CCN(CC)C(=O)c1c(C(C(F)(F)F)C(F)(F)F)cccc1S(N)(=O)=O. The molecule has 0 spiro atoms. The summed E-state index contributed by atoms with van der Waals surface area (Å²) in [7, 11) is -4.76. The predicted molar refractivity (Wildman–Crippen MR) is 79.9 cm³/mol. The molecule has 2 N–H and O–H groups in total. The van der Waals surface area contributed by atoms with Crippen molar-refractivity contribution in [3.05, 3.63) is 29.3 Å². The first-order valence-corrected chi connectivity index (χ1v) is 8.79. The highest BCUT2D eigenvalue weighted by atomic mass is 32.2. The van der Waals surface area contributed by atoms with Crippen molar-refractivity contribution < 1.29 is 39.6 Å². The van der Waals surface area contributed by atoms with Crippen molar-refractivity contribution in [3.63, 3.8) is 0 Å². The Hall–Kier alpha value is -1.82. The van der Waals surface area contributed by atoms with Crippen LogP contribution in [0.1, 0.15) is 35.7 Å². The van der Waals surface area contributed by atoms with E-state index in [1.54, 1.807) is 0 Å². The molecule has 1 rings (SSSR count). The van der Waals surface area contributed by atoms with Gasteiger partial charge in [0.05, 0.1) is 10.5 Å². The monoisotopic (exact) mass is 406 g/mol. The van der Waals surface area contributed by atoms with Crippen LogP contribution in [0.3, 0.4) is 0 Å². The van der Waals surface area contributed by atoms with Gasteiger partial charge in [-0.25, -0.2) is 13.6 Å². The molecule has 1 amide bonds. The summed E-state index contributed by atoms with van der Waals surface area (Å²) in [6.45, 7) is 2.75. The molecule has 0 saturated heterocycles. The van der Waals surface area contributed by atoms with Gasteiger partial charge >= 0.3 is 12.4 Å². The number of rotatable bonds is 5. The summed E-state index contributed by atoms with van der Waals surface area (Å²) < 4.78 is 102. The Morgan fingerprint density at radius 2 is 1.54 bits per heavy atom. The Bertz CT molecular complexity index is 756. The summed E-state index contributed by atoms with van der Waals surface area (Å²) >= 11 is 0. The standard InChI is InChI=1S/C14H16F6N2O3S/c1-3-22(4-2)12(23)10-8(6-5-7-9(10)26(21,24)25)11(13(15,16)17)14(18,19)20/h5-7,11H,3-4H2,1-2H3,(H2,21,24,25). The average Bonchev–Trinajstić information content (AvgIpc) is 2.44. The third-order valence-electron chi connectivity index (χ3n) is 3.60. The van der Waals surface area contributed by atoms with Crippen LogP contribution in [-0.2, 0) is 10.0 Å². The molecule has 0 aliphatic rings. The van der Waals surface area contributed by atoms with E-state index in [1.165, 1.54) is 13.8 Å². The number of hydrogen-bond donors (Lipinski definition) is 1. The van der Waals surface area contributed by atoms with E-state index < -0.39 is 50.2 Å². The third-order valence-corrected chi connectivity index (χ3v) is 4.55. The molecule has 1 aromatic rings. The van der Waals surface area contributed by atoms with Crippen LogP contribution in [0.2, 0.25) is 0 Å². The first kappa shape index (κ1) is 22.2. The van der Waals surface area contributed by atoms with Crippen LogP contribution in [0.5, 0.6) is 0 Å². The van der Waals surface area contributed by atoms with E-state index >= 15 is 0 Å². The van der Waals surface area contributed by atoms with E-state index in [9.17, 15) is 39.6 Å². The Morgan fingerprint density at radius 1 is 1.08 bits per heavy atom. The molecule has 0 saturated carbocycles. The highest BCUT2D eigenvalue weighted by molar-refractivity contribution is 7.89. The van der Waals surface area contributed by atoms with E-state index in [2.05, 4.69) is 0 Å². The Labute approximate surface area is 145 Å². The molecule has 0 aromatic heterocycles. The summed E-state index contributed by atoms with van der Waals surface area (Å²) in [4.78, 5) is 12.3. The average molecular weight is 406 g/mol. The quantitative estimate of drug-likeness (QED) is 0.764. The lowest BCUT2D eigenvalue weighted by molar-refractivity contribution is -0.253. The van der Waals surface area contributed by atoms with Gasteiger partial charge in [0, 0.05) is 13.1 Å². The predicted octanol–water partition coefficient (Wildman–Crippen LogP) is 3.02. The Kier molecular flexibility index (Phi) is 6.35. The molecule has 0 fully saturated rings. The Morgan fingerprint density at radius 3 is 1.88 bits per heavy atom. The molecule has 0 heterocycles. The fourth-order valence-corrected chi connectivity index (χ4v) is 3.22. The van der Waals surface area contributed by atoms with Crippen molar-refractivity contribution >= 4 is 15.9 Å². The number of alkyl halides is 6. The lowest BCUT2D eigenvalue weighted by Crippen LogP contribution is -2.38. The number of benzene rings is 1. The zero-order valence-corrected chi connectivity index (χ0v) is 14.5. The number of carbonyl (C=O) groups is 1. The summed E-state index contributed by atoms with van der Waals surface area (Å²) in [6.07, 6.45) is -11.6. The first-order valence-electron chi connectivity index (χ1n) is 7.24. The van der Waals surface area contributed by atoms with E-state index in [0.717, 1.165) is 4.90 Å². The van der Waals surface area contributed by atoms with Crippen molar-refractivity contribution in [2.75, 3.05) is 13.1 Å². The van der Waals surface area contributed by atoms with E-state index in [4.69, 9.17) is 5.14 Å². The van der Waals surface area contributed by atoms with Gasteiger partial charge in [0.2, 0.25) is 10.0 Å². The van der Waals surface area contributed by atoms with E-state index in [1.807, 2.05) is 0 Å². The molecule has 1 aromatic carbocycles. The maximum absolute atomic E-state index is 13.1. The van der Waals surface area contributed by atoms with Crippen LogP contribution in [0.4, 0.5) is 26.3 Å². The molecule has 148 valence electrons. The fourth-order valence-electron chi connectivity index (χ4n) is 2.46. The number of primary sulfonamides is 1. The van der Waals surface area contributed by atoms with Gasteiger partial charge < -0.3 is 4.90 Å². The van der Waals surface area contributed by atoms with Crippen molar-refractivity contribution in [2.45, 2.75) is 37.0 Å². The molecule has 12 heteroatoms. The van der Waals surface area contributed by atoms with Gasteiger partial charge in [0.15, 0.2) is 5.92 Å². The second kappa shape index (κ2) is 7.43. The number of nitrogens with zero attached hydrogens (tertiary/aromatic N) is 1. The highest BCUT2D eigenvalue weighted by Gasteiger charge is 2.58. The number of amides is 1. The minimum Gasteiger partial charge on any atom is -0.339 e.